The molecule has 1 aromatic carbocycles. The van der Waals surface area contributed by atoms with E-state index in [9.17, 15) is 0 Å². The summed E-state index contributed by atoms with van der Waals surface area (Å²) < 4.78 is 5.52. The topological polar surface area (TPSA) is 47.0 Å². The highest BCUT2D eigenvalue weighted by atomic mass is 35.5. The number of ether oxygens (including phenoxy) is 1. The van der Waals surface area contributed by atoms with Crippen molar-refractivity contribution in [3.63, 3.8) is 0 Å². The largest absolute Gasteiger partial charge is 0.377 e. The Morgan fingerprint density at radius 2 is 2.04 bits per heavy atom. The Balaban J connectivity index is 1.97. The van der Waals surface area contributed by atoms with Crippen molar-refractivity contribution in [1.29, 1.82) is 0 Å². The molecule has 0 bridgehead atoms. The number of rotatable bonds is 5. The minimum atomic E-state index is 0.115. The van der Waals surface area contributed by atoms with Crippen molar-refractivity contribution in [2.45, 2.75) is 19.4 Å². The zero-order chi connectivity index (χ0) is 16.2. The summed E-state index contributed by atoms with van der Waals surface area (Å²) in [4.78, 5) is 8.51. The van der Waals surface area contributed by atoms with Crippen LogP contribution in [-0.4, -0.2) is 17.1 Å². The van der Waals surface area contributed by atoms with Crippen LogP contribution in [-0.2, 0) is 4.74 Å². The quantitative estimate of drug-likeness (QED) is 0.660. The van der Waals surface area contributed by atoms with E-state index >= 15 is 0 Å². The van der Waals surface area contributed by atoms with E-state index in [1.165, 1.54) is 5.56 Å². The van der Waals surface area contributed by atoms with Gasteiger partial charge in [-0.1, -0.05) is 30.7 Å². The van der Waals surface area contributed by atoms with Crippen molar-refractivity contribution in [3.05, 3.63) is 59.5 Å². The van der Waals surface area contributed by atoms with E-state index < -0.39 is 0 Å². The average Bonchev–Trinajstić information content (AvgIpc) is 2.58. The normalized spacial score (nSPS) is 12.3. The molecule has 1 atom stereocenters. The molecular formula is C18H18ClN3O. The van der Waals surface area contributed by atoms with Gasteiger partial charge < -0.3 is 10.1 Å². The van der Waals surface area contributed by atoms with Crippen LogP contribution in [0, 0.1) is 0 Å². The lowest BCUT2D eigenvalue weighted by molar-refractivity contribution is 0.100. The fraction of sp³-hybridized carbons (Fsp3) is 0.222. The minimum Gasteiger partial charge on any atom is -0.377 e. The molecule has 0 aliphatic rings. The summed E-state index contributed by atoms with van der Waals surface area (Å²) >= 11 is 5.82. The Morgan fingerprint density at radius 3 is 2.74 bits per heavy atom. The minimum absolute atomic E-state index is 0.115. The molecule has 2 heterocycles. The molecule has 0 unspecified atom stereocenters. The van der Waals surface area contributed by atoms with Gasteiger partial charge in [-0.2, -0.15) is 0 Å². The van der Waals surface area contributed by atoms with E-state index in [1.54, 1.807) is 25.6 Å². The second-order valence-electron chi connectivity index (χ2n) is 5.27. The summed E-state index contributed by atoms with van der Waals surface area (Å²) in [6.07, 6.45) is 4.54. The third-order valence-electron chi connectivity index (χ3n) is 3.81. The lowest BCUT2D eigenvalue weighted by Gasteiger charge is -2.15. The fourth-order valence-electron chi connectivity index (χ4n) is 2.62. The smallest absolute Gasteiger partial charge is 0.138 e. The van der Waals surface area contributed by atoms with Crippen molar-refractivity contribution in [3.8, 4) is 0 Å². The Morgan fingerprint density at radius 1 is 1.17 bits per heavy atom. The fourth-order valence-corrected chi connectivity index (χ4v) is 2.73. The van der Waals surface area contributed by atoms with E-state index in [1.807, 2.05) is 12.1 Å². The van der Waals surface area contributed by atoms with Gasteiger partial charge in [-0.15, -0.1) is 0 Å². The first kappa shape index (κ1) is 15.7. The molecule has 0 amide bonds. The first-order chi connectivity index (χ1) is 11.2. The van der Waals surface area contributed by atoms with E-state index in [-0.39, 0.29) is 6.10 Å². The highest BCUT2D eigenvalue weighted by molar-refractivity contribution is 6.29. The SMILES string of the molecule is CC[C@@H](OC)c1ccc2c(Nc3ccc(Cl)nc3)nccc2c1. The van der Waals surface area contributed by atoms with Crippen LogP contribution in [0.4, 0.5) is 11.5 Å². The van der Waals surface area contributed by atoms with Gasteiger partial charge in [0.25, 0.3) is 0 Å². The molecule has 3 aromatic rings. The third kappa shape index (κ3) is 3.44. The van der Waals surface area contributed by atoms with Gasteiger partial charge in [0.05, 0.1) is 18.0 Å². The Labute approximate surface area is 140 Å². The molecule has 0 saturated carbocycles. The van der Waals surface area contributed by atoms with Gasteiger partial charge in [0, 0.05) is 18.7 Å². The first-order valence-corrected chi connectivity index (χ1v) is 7.89. The molecule has 0 aliphatic heterocycles. The van der Waals surface area contributed by atoms with Gasteiger partial charge in [0.15, 0.2) is 0 Å². The van der Waals surface area contributed by atoms with Gasteiger partial charge in [0.1, 0.15) is 11.0 Å². The number of fused-ring (bicyclic) bond motifs is 1. The van der Waals surface area contributed by atoms with Gasteiger partial charge in [0.2, 0.25) is 0 Å². The summed E-state index contributed by atoms with van der Waals surface area (Å²) in [5.74, 6) is 0.795. The molecule has 3 rings (SSSR count). The number of hydrogen-bond acceptors (Lipinski definition) is 4. The summed E-state index contributed by atoms with van der Waals surface area (Å²) in [5.41, 5.74) is 2.02. The van der Waals surface area contributed by atoms with Crippen LogP contribution >= 0.6 is 11.6 Å². The molecule has 23 heavy (non-hydrogen) atoms. The van der Waals surface area contributed by atoms with Crippen molar-refractivity contribution >= 4 is 33.9 Å². The third-order valence-corrected chi connectivity index (χ3v) is 4.03. The van der Waals surface area contributed by atoms with Crippen molar-refractivity contribution < 1.29 is 4.74 Å². The molecule has 0 radical (unpaired) electrons. The molecule has 0 fully saturated rings. The number of aromatic nitrogens is 2. The van der Waals surface area contributed by atoms with Crippen molar-refractivity contribution in [1.82, 2.24) is 9.97 Å². The molecule has 0 saturated heterocycles. The monoisotopic (exact) mass is 327 g/mol. The molecule has 0 spiro atoms. The number of methoxy groups -OCH3 is 1. The van der Waals surface area contributed by atoms with E-state index in [2.05, 4.69) is 40.4 Å². The van der Waals surface area contributed by atoms with E-state index in [4.69, 9.17) is 16.3 Å². The van der Waals surface area contributed by atoms with Gasteiger partial charge in [-0.3, -0.25) is 0 Å². The summed E-state index contributed by atoms with van der Waals surface area (Å²) in [7, 11) is 1.74. The van der Waals surface area contributed by atoms with Crippen molar-refractivity contribution in [2.75, 3.05) is 12.4 Å². The first-order valence-electron chi connectivity index (χ1n) is 7.51. The average molecular weight is 328 g/mol. The number of halogens is 1. The maximum Gasteiger partial charge on any atom is 0.138 e. The summed E-state index contributed by atoms with van der Waals surface area (Å²) in [5, 5.41) is 5.93. The summed E-state index contributed by atoms with van der Waals surface area (Å²) in [6.45, 7) is 2.12. The van der Waals surface area contributed by atoms with Crippen LogP contribution < -0.4 is 5.32 Å². The Hall–Kier alpha value is -2.17. The zero-order valence-corrected chi connectivity index (χ0v) is 13.8. The second-order valence-corrected chi connectivity index (χ2v) is 5.65. The number of nitrogens with one attached hydrogen (secondary N) is 1. The van der Waals surface area contributed by atoms with Crippen LogP contribution in [0.5, 0.6) is 0 Å². The van der Waals surface area contributed by atoms with Crippen LogP contribution in [0.25, 0.3) is 10.8 Å². The summed E-state index contributed by atoms with van der Waals surface area (Å²) in [6, 6.07) is 11.9. The number of benzene rings is 1. The van der Waals surface area contributed by atoms with Gasteiger partial charge >= 0.3 is 0 Å². The lowest BCUT2D eigenvalue weighted by atomic mass is 10.0. The van der Waals surface area contributed by atoms with Crippen LogP contribution in [0.1, 0.15) is 25.0 Å². The standard InChI is InChI=1S/C18H18ClN3O/c1-3-16(23-2)13-4-6-15-12(10-13)8-9-20-18(15)22-14-5-7-17(19)21-11-14/h4-11,16H,3H2,1-2H3,(H,20,22)/t16-/m1/s1. The molecule has 5 heteroatoms. The maximum atomic E-state index is 5.82. The Bertz CT molecular complexity index is 801. The molecule has 4 nitrogen and oxygen atoms in total. The van der Waals surface area contributed by atoms with E-state index in [0.717, 1.165) is 28.7 Å². The molecule has 118 valence electrons. The highest BCUT2D eigenvalue weighted by Crippen LogP contribution is 2.28. The predicted molar refractivity (Wildman–Crippen MR) is 94.3 cm³/mol. The van der Waals surface area contributed by atoms with Crippen LogP contribution in [0.3, 0.4) is 0 Å². The molecule has 0 aliphatic carbocycles. The molecule has 1 N–H and O–H groups in total. The second kappa shape index (κ2) is 6.94. The Kier molecular flexibility index (Phi) is 4.74. The number of hydrogen-bond donors (Lipinski definition) is 1. The van der Waals surface area contributed by atoms with Crippen LogP contribution in [0.15, 0.2) is 48.8 Å². The van der Waals surface area contributed by atoms with Crippen LogP contribution in [0.2, 0.25) is 5.15 Å². The number of pyridine rings is 2. The predicted octanol–water partition coefficient (Wildman–Crippen LogP) is 5.12. The molecular weight excluding hydrogens is 310 g/mol. The van der Waals surface area contributed by atoms with Crippen molar-refractivity contribution in [2.24, 2.45) is 0 Å². The number of anilines is 2. The zero-order valence-electron chi connectivity index (χ0n) is 13.1. The maximum absolute atomic E-state index is 5.82. The van der Waals surface area contributed by atoms with Gasteiger partial charge in [-0.25, -0.2) is 9.97 Å². The van der Waals surface area contributed by atoms with Gasteiger partial charge in [-0.05, 0) is 41.6 Å². The van der Waals surface area contributed by atoms with E-state index in [0.29, 0.717) is 5.15 Å². The molecule has 2 aromatic heterocycles. The highest BCUT2D eigenvalue weighted by Gasteiger charge is 2.10. The number of nitrogens with zero attached hydrogens (tertiary/aromatic N) is 2. The lowest BCUT2D eigenvalue weighted by Crippen LogP contribution is -2.00.